The Balaban J connectivity index is 2.75. The molecule has 0 saturated carbocycles. The van der Waals surface area contributed by atoms with Gasteiger partial charge < -0.3 is 15.2 Å². The number of aliphatic hydroxyl groups is 1. The molecule has 3 heteroatoms. The van der Waals surface area contributed by atoms with Crippen molar-refractivity contribution in [2.24, 2.45) is 0 Å². The number of aliphatic hydroxyl groups excluding tert-OH is 1. The van der Waals surface area contributed by atoms with Crippen molar-refractivity contribution in [2.45, 2.75) is 38.6 Å². The second-order valence-corrected chi connectivity index (χ2v) is 4.90. The van der Waals surface area contributed by atoms with Gasteiger partial charge in [-0.1, -0.05) is 44.2 Å². The zero-order chi connectivity index (χ0) is 14.0. The van der Waals surface area contributed by atoms with Crippen LogP contribution in [0, 0.1) is 0 Å². The van der Waals surface area contributed by atoms with Crippen molar-refractivity contribution in [1.82, 2.24) is 5.32 Å². The summed E-state index contributed by atoms with van der Waals surface area (Å²) in [6, 6.07) is 10.2. The van der Waals surface area contributed by atoms with Crippen molar-refractivity contribution in [1.29, 1.82) is 0 Å². The second kappa shape index (κ2) is 9.08. The van der Waals surface area contributed by atoms with Crippen LogP contribution in [0.3, 0.4) is 0 Å². The standard InChI is InChI=1S/C16H27NO2/c1-3-11-17-16(14-18,10-13-19-12-4-2)15-8-6-5-7-9-15/h5-9,17-18H,3-4,10-14H2,1-2H3. The zero-order valence-corrected chi connectivity index (χ0v) is 12.2. The summed E-state index contributed by atoms with van der Waals surface area (Å²) in [4.78, 5) is 0. The smallest absolute Gasteiger partial charge is 0.0691 e. The molecule has 0 aliphatic heterocycles. The van der Waals surface area contributed by atoms with E-state index in [0.29, 0.717) is 6.61 Å². The normalized spacial score (nSPS) is 14.3. The van der Waals surface area contributed by atoms with Gasteiger partial charge in [0, 0.05) is 13.2 Å². The van der Waals surface area contributed by atoms with E-state index in [4.69, 9.17) is 4.74 Å². The van der Waals surface area contributed by atoms with Crippen LogP contribution in [0.2, 0.25) is 0 Å². The summed E-state index contributed by atoms with van der Waals surface area (Å²) in [6.45, 7) is 6.67. The predicted octanol–water partition coefficient (Wildman–Crippen LogP) is 2.69. The molecule has 0 aromatic heterocycles. The van der Waals surface area contributed by atoms with Crippen LogP contribution in [0.15, 0.2) is 30.3 Å². The molecule has 0 heterocycles. The minimum absolute atomic E-state index is 0.0898. The second-order valence-electron chi connectivity index (χ2n) is 4.90. The molecule has 0 bridgehead atoms. The minimum atomic E-state index is -0.384. The third-order valence-electron chi connectivity index (χ3n) is 3.33. The van der Waals surface area contributed by atoms with E-state index in [1.54, 1.807) is 0 Å². The van der Waals surface area contributed by atoms with Crippen LogP contribution < -0.4 is 5.32 Å². The monoisotopic (exact) mass is 265 g/mol. The van der Waals surface area contributed by atoms with E-state index in [2.05, 4.69) is 31.3 Å². The molecule has 0 radical (unpaired) electrons. The molecule has 3 nitrogen and oxygen atoms in total. The lowest BCUT2D eigenvalue weighted by molar-refractivity contribution is 0.0790. The Hall–Kier alpha value is -0.900. The summed E-state index contributed by atoms with van der Waals surface area (Å²) in [6.07, 6.45) is 2.86. The molecule has 0 saturated heterocycles. The van der Waals surface area contributed by atoms with E-state index in [0.717, 1.165) is 38.0 Å². The van der Waals surface area contributed by atoms with Crippen LogP contribution in [-0.4, -0.2) is 31.5 Å². The highest BCUT2D eigenvalue weighted by atomic mass is 16.5. The Kier molecular flexibility index (Phi) is 7.72. The van der Waals surface area contributed by atoms with Crippen molar-refractivity contribution in [3.8, 4) is 0 Å². The summed E-state index contributed by atoms with van der Waals surface area (Å²) in [5, 5.41) is 13.4. The number of hydrogen-bond acceptors (Lipinski definition) is 3. The van der Waals surface area contributed by atoms with E-state index in [-0.39, 0.29) is 12.1 Å². The molecule has 1 aromatic rings. The van der Waals surface area contributed by atoms with Crippen LogP contribution in [0.25, 0.3) is 0 Å². The molecule has 1 rings (SSSR count). The first kappa shape index (κ1) is 16.2. The van der Waals surface area contributed by atoms with Gasteiger partial charge in [0.2, 0.25) is 0 Å². The summed E-state index contributed by atoms with van der Waals surface area (Å²) >= 11 is 0. The number of benzene rings is 1. The van der Waals surface area contributed by atoms with Gasteiger partial charge in [-0.25, -0.2) is 0 Å². The van der Waals surface area contributed by atoms with Gasteiger partial charge in [-0.05, 0) is 31.4 Å². The first-order valence-corrected chi connectivity index (χ1v) is 7.28. The predicted molar refractivity (Wildman–Crippen MR) is 79.2 cm³/mol. The Morgan fingerprint density at radius 3 is 2.42 bits per heavy atom. The number of hydrogen-bond donors (Lipinski definition) is 2. The van der Waals surface area contributed by atoms with Crippen LogP contribution >= 0.6 is 0 Å². The van der Waals surface area contributed by atoms with Gasteiger partial charge in [-0.15, -0.1) is 0 Å². The molecule has 0 spiro atoms. The maximum atomic E-state index is 9.90. The summed E-state index contributed by atoms with van der Waals surface area (Å²) in [7, 11) is 0. The molecule has 0 aliphatic carbocycles. The van der Waals surface area contributed by atoms with Gasteiger partial charge >= 0.3 is 0 Å². The fraction of sp³-hybridized carbons (Fsp3) is 0.625. The highest BCUT2D eigenvalue weighted by molar-refractivity contribution is 5.24. The van der Waals surface area contributed by atoms with Gasteiger partial charge in [0.15, 0.2) is 0 Å². The molecular formula is C16H27NO2. The summed E-state index contributed by atoms with van der Waals surface area (Å²) < 4.78 is 5.59. The molecule has 0 amide bonds. The molecule has 1 unspecified atom stereocenters. The van der Waals surface area contributed by atoms with Gasteiger partial charge in [-0.3, -0.25) is 0 Å². The average Bonchev–Trinajstić information content (AvgIpc) is 2.48. The third-order valence-corrected chi connectivity index (χ3v) is 3.33. The largest absolute Gasteiger partial charge is 0.394 e. The maximum absolute atomic E-state index is 9.90. The van der Waals surface area contributed by atoms with Crippen molar-refractivity contribution in [3.63, 3.8) is 0 Å². The van der Waals surface area contributed by atoms with Crippen molar-refractivity contribution in [3.05, 3.63) is 35.9 Å². The van der Waals surface area contributed by atoms with E-state index < -0.39 is 0 Å². The maximum Gasteiger partial charge on any atom is 0.0691 e. The topological polar surface area (TPSA) is 41.5 Å². The van der Waals surface area contributed by atoms with E-state index in [1.165, 1.54) is 0 Å². The fourth-order valence-corrected chi connectivity index (χ4v) is 2.18. The molecule has 0 fully saturated rings. The Morgan fingerprint density at radius 1 is 1.11 bits per heavy atom. The summed E-state index contributed by atoms with van der Waals surface area (Å²) in [5.41, 5.74) is 0.747. The van der Waals surface area contributed by atoms with Crippen molar-refractivity contribution in [2.75, 3.05) is 26.4 Å². The van der Waals surface area contributed by atoms with E-state index in [9.17, 15) is 5.11 Å². The first-order chi connectivity index (χ1) is 9.29. The first-order valence-electron chi connectivity index (χ1n) is 7.28. The lowest BCUT2D eigenvalue weighted by Crippen LogP contribution is -2.47. The van der Waals surface area contributed by atoms with Gasteiger partial charge in [0.05, 0.1) is 12.1 Å². The van der Waals surface area contributed by atoms with E-state index in [1.807, 2.05) is 18.2 Å². The highest BCUT2D eigenvalue weighted by Crippen LogP contribution is 2.24. The van der Waals surface area contributed by atoms with Crippen molar-refractivity contribution < 1.29 is 9.84 Å². The minimum Gasteiger partial charge on any atom is -0.394 e. The molecule has 2 N–H and O–H groups in total. The molecule has 0 aliphatic rings. The Labute approximate surface area is 117 Å². The fourth-order valence-electron chi connectivity index (χ4n) is 2.18. The van der Waals surface area contributed by atoms with Gasteiger partial charge in [0.1, 0.15) is 0 Å². The van der Waals surface area contributed by atoms with E-state index >= 15 is 0 Å². The van der Waals surface area contributed by atoms with Gasteiger partial charge in [0.25, 0.3) is 0 Å². The van der Waals surface area contributed by atoms with Crippen LogP contribution in [0.4, 0.5) is 0 Å². The lowest BCUT2D eigenvalue weighted by atomic mass is 9.87. The average molecular weight is 265 g/mol. The third kappa shape index (κ3) is 4.94. The molecule has 19 heavy (non-hydrogen) atoms. The zero-order valence-electron chi connectivity index (χ0n) is 12.2. The Morgan fingerprint density at radius 2 is 1.84 bits per heavy atom. The van der Waals surface area contributed by atoms with Gasteiger partial charge in [-0.2, -0.15) is 0 Å². The molecule has 108 valence electrons. The lowest BCUT2D eigenvalue weighted by Gasteiger charge is -2.34. The number of ether oxygens (including phenoxy) is 1. The van der Waals surface area contributed by atoms with Crippen LogP contribution in [0.1, 0.15) is 38.7 Å². The molecule has 1 atom stereocenters. The Bertz CT molecular complexity index is 329. The van der Waals surface area contributed by atoms with Crippen LogP contribution in [0.5, 0.6) is 0 Å². The number of rotatable bonds is 10. The van der Waals surface area contributed by atoms with Crippen molar-refractivity contribution >= 4 is 0 Å². The SMILES string of the molecule is CCCNC(CO)(CCOCCC)c1ccccc1. The number of nitrogens with one attached hydrogen (secondary N) is 1. The highest BCUT2D eigenvalue weighted by Gasteiger charge is 2.30. The molecule has 1 aromatic carbocycles. The molecular weight excluding hydrogens is 238 g/mol. The summed E-state index contributed by atoms with van der Waals surface area (Å²) in [5.74, 6) is 0. The van der Waals surface area contributed by atoms with Crippen LogP contribution in [-0.2, 0) is 10.3 Å². The quantitative estimate of drug-likeness (QED) is 0.639.